The monoisotopic (exact) mass is 293 g/mol. The highest BCUT2D eigenvalue weighted by Crippen LogP contribution is 2.38. The molecule has 1 aliphatic heterocycles. The minimum Gasteiger partial charge on any atom is -0.463 e. The maximum Gasteiger partial charge on any atom is 0.331 e. The Balaban J connectivity index is 2.55. The van der Waals surface area contributed by atoms with Crippen molar-refractivity contribution in [3.63, 3.8) is 0 Å². The molecule has 20 heavy (non-hydrogen) atoms. The van der Waals surface area contributed by atoms with Gasteiger partial charge in [0.25, 0.3) is 5.91 Å². The maximum atomic E-state index is 12.2. The third kappa shape index (κ3) is 2.44. The lowest BCUT2D eigenvalue weighted by molar-refractivity contribution is -0.137. The van der Waals surface area contributed by atoms with Gasteiger partial charge in [0.15, 0.2) is 0 Å². The van der Waals surface area contributed by atoms with Gasteiger partial charge in [0.05, 0.1) is 17.9 Å². The highest BCUT2D eigenvalue weighted by molar-refractivity contribution is 6.41. The second-order valence-electron chi connectivity index (χ2n) is 4.13. The molecule has 0 atom stereocenters. The summed E-state index contributed by atoms with van der Waals surface area (Å²) in [4.78, 5) is 36.4. The summed E-state index contributed by atoms with van der Waals surface area (Å²) in [5.74, 6) is -1.61. The van der Waals surface area contributed by atoms with Crippen molar-refractivity contribution < 1.29 is 19.1 Å². The molecule has 0 saturated carbocycles. The predicted octanol–water partition coefficient (Wildman–Crippen LogP) is 2.18. The summed E-state index contributed by atoms with van der Waals surface area (Å²) in [6.45, 7) is 3.15. The van der Waals surface area contributed by atoms with Crippen LogP contribution >= 0.6 is 11.6 Å². The quantitative estimate of drug-likeness (QED) is 0.619. The molecule has 1 aliphatic rings. The molecule has 0 spiro atoms. The Hall–Kier alpha value is -2.14. The highest BCUT2D eigenvalue weighted by atomic mass is 35.5. The summed E-state index contributed by atoms with van der Waals surface area (Å²) in [6.07, 6.45) is 1.09. The molecule has 0 N–H and O–H groups in total. The first kappa shape index (κ1) is 14.3. The summed E-state index contributed by atoms with van der Waals surface area (Å²) in [5.41, 5.74) is 0.976. The van der Waals surface area contributed by atoms with Crippen molar-refractivity contribution in [3.8, 4) is 0 Å². The number of rotatable bonds is 2. The van der Waals surface area contributed by atoms with Crippen molar-refractivity contribution in [3.05, 3.63) is 34.9 Å². The maximum absolute atomic E-state index is 12.2. The molecule has 2 rings (SSSR count). The van der Waals surface area contributed by atoms with Gasteiger partial charge in [-0.25, -0.2) is 9.69 Å². The topological polar surface area (TPSA) is 63.7 Å². The Morgan fingerprint density at radius 3 is 2.70 bits per heavy atom. The third-order valence-electron chi connectivity index (χ3n) is 2.79. The Morgan fingerprint density at radius 1 is 1.40 bits per heavy atom. The first-order valence-corrected chi connectivity index (χ1v) is 6.37. The van der Waals surface area contributed by atoms with Crippen LogP contribution in [-0.4, -0.2) is 24.4 Å². The van der Waals surface area contributed by atoms with Gasteiger partial charge in [-0.05, 0) is 25.1 Å². The van der Waals surface area contributed by atoms with Gasteiger partial charge in [-0.15, -0.1) is 0 Å². The Bertz CT molecular complexity index is 636. The fourth-order valence-electron chi connectivity index (χ4n) is 2.02. The van der Waals surface area contributed by atoms with Crippen molar-refractivity contribution in [2.24, 2.45) is 0 Å². The van der Waals surface area contributed by atoms with Crippen LogP contribution in [-0.2, 0) is 19.1 Å². The molecule has 0 aromatic heterocycles. The van der Waals surface area contributed by atoms with E-state index >= 15 is 0 Å². The second kappa shape index (κ2) is 5.46. The van der Waals surface area contributed by atoms with Gasteiger partial charge in [-0.2, -0.15) is 0 Å². The molecule has 1 aromatic carbocycles. The molecule has 0 unspecified atom stereocenters. The van der Waals surface area contributed by atoms with Gasteiger partial charge in [-0.3, -0.25) is 9.59 Å². The van der Waals surface area contributed by atoms with Gasteiger partial charge >= 0.3 is 5.97 Å². The molecular weight excluding hydrogens is 282 g/mol. The van der Waals surface area contributed by atoms with Gasteiger partial charge in [-0.1, -0.05) is 11.6 Å². The summed E-state index contributed by atoms with van der Waals surface area (Å²) >= 11 is 5.90. The second-order valence-corrected chi connectivity index (χ2v) is 4.57. The van der Waals surface area contributed by atoms with Gasteiger partial charge in [0.1, 0.15) is 0 Å². The smallest absolute Gasteiger partial charge is 0.331 e. The number of imide groups is 1. The van der Waals surface area contributed by atoms with Crippen LogP contribution in [0.25, 0.3) is 5.57 Å². The van der Waals surface area contributed by atoms with E-state index in [1.807, 2.05) is 0 Å². The lowest BCUT2D eigenvalue weighted by atomic mass is 10.1. The molecule has 0 aliphatic carbocycles. The van der Waals surface area contributed by atoms with Crippen LogP contribution in [0.3, 0.4) is 0 Å². The van der Waals surface area contributed by atoms with E-state index in [0.29, 0.717) is 16.3 Å². The van der Waals surface area contributed by atoms with Crippen molar-refractivity contribution >= 4 is 40.6 Å². The average molecular weight is 294 g/mol. The molecule has 0 radical (unpaired) electrons. The van der Waals surface area contributed by atoms with Crippen LogP contribution in [0.15, 0.2) is 24.3 Å². The average Bonchev–Trinajstić information content (AvgIpc) is 2.63. The molecule has 0 fully saturated rings. The summed E-state index contributed by atoms with van der Waals surface area (Å²) in [7, 11) is 0. The Labute approximate surface area is 120 Å². The lowest BCUT2D eigenvalue weighted by Gasteiger charge is -2.11. The fraction of sp³-hybridized carbons (Fsp3) is 0.214. The number of anilines is 1. The number of hydrogen-bond donors (Lipinski definition) is 0. The van der Waals surface area contributed by atoms with E-state index in [4.69, 9.17) is 16.3 Å². The van der Waals surface area contributed by atoms with Crippen LogP contribution in [0, 0.1) is 0 Å². The van der Waals surface area contributed by atoms with E-state index < -0.39 is 17.8 Å². The number of carbonyl (C=O) groups is 3. The minimum atomic E-state index is -0.632. The number of fused-ring (bicyclic) bond motifs is 1. The van der Waals surface area contributed by atoms with Crippen molar-refractivity contribution in [1.82, 2.24) is 0 Å². The van der Waals surface area contributed by atoms with E-state index in [1.165, 1.54) is 6.92 Å². The van der Waals surface area contributed by atoms with Crippen LogP contribution in [0.2, 0.25) is 5.02 Å². The van der Waals surface area contributed by atoms with E-state index in [1.54, 1.807) is 25.1 Å². The zero-order valence-corrected chi connectivity index (χ0v) is 11.7. The zero-order chi connectivity index (χ0) is 14.9. The SMILES string of the molecule is CCOC(=O)C=C1C(=O)N(C(C)=O)c2ccc(Cl)cc21. The van der Waals surface area contributed by atoms with Gasteiger partial charge in [0, 0.05) is 23.6 Å². The van der Waals surface area contributed by atoms with E-state index in [9.17, 15) is 14.4 Å². The van der Waals surface area contributed by atoms with Crippen LogP contribution in [0.5, 0.6) is 0 Å². The lowest BCUT2D eigenvalue weighted by Crippen LogP contribution is -2.31. The van der Waals surface area contributed by atoms with Gasteiger partial charge in [0.2, 0.25) is 5.91 Å². The number of benzene rings is 1. The van der Waals surface area contributed by atoms with E-state index in [0.717, 1.165) is 11.0 Å². The Morgan fingerprint density at radius 2 is 2.10 bits per heavy atom. The number of amides is 2. The summed E-state index contributed by atoms with van der Waals surface area (Å²) in [5, 5.41) is 0.414. The minimum absolute atomic E-state index is 0.108. The molecular formula is C14H12ClNO4. The first-order chi connectivity index (χ1) is 9.45. The molecule has 0 saturated heterocycles. The van der Waals surface area contributed by atoms with E-state index in [-0.39, 0.29) is 12.2 Å². The Kier molecular flexibility index (Phi) is 3.90. The number of ether oxygens (including phenoxy) is 1. The van der Waals surface area contributed by atoms with Crippen molar-refractivity contribution in [1.29, 1.82) is 0 Å². The number of esters is 1. The van der Waals surface area contributed by atoms with Crippen LogP contribution < -0.4 is 4.90 Å². The van der Waals surface area contributed by atoms with Crippen LogP contribution in [0.4, 0.5) is 5.69 Å². The zero-order valence-electron chi connectivity index (χ0n) is 11.0. The highest BCUT2D eigenvalue weighted by Gasteiger charge is 2.35. The molecule has 5 nitrogen and oxygen atoms in total. The standard InChI is InChI=1S/C14H12ClNO4/c1-3-20-13(18)7-11-10-6-9(15)4-5-12(10)16(8(2)17)14(11)19/h4-7H,3H2,1-2H3. The largest absolute Gasteiger partial charge is 0.463 e. The van der Waals surface area contributed by atoms with Gasteiger partial charge < -0.3 is 4.74 Å². The van der Waals surface area contributed by atoms with Crippen LogP contribution in [0.1, 0.15) is 19.4 Å². The fourth-order valence-corrected chi connectivity index (χ4v) is 2.19. The summed E-state index contributed by atoms with van der Waals surface area (Å²) < 4.78 is 4.79. The van der Waals surface area contributed by atoms with Crippen molar-refractivity contribution in [2.45, 2.75) is 13.8 Å². The van der Waals surface area contributed by atoms with E-state index in [2.05, 4.69) is 0 Å². The molecule has 1 aromatic rings. The molecule has 1 heterocycles. The molecule has 6 heteroatoms. The molecule has 0 bridgehead atoms. The third-order valence-corrected chi connectivity index (χ3v) is 3.02. The molecule has 2 amide bonds. The normalized spacial score (nSPS) is 15.4. The predicted molar refractivity (Wildman–Crippen MR) is 74.2 cm³/mol. The number of carbonyl (C=O) groups excluding carboxylic acids is 3. The molecule has 104 valence electrons. The van der Waals surface area contributed by atoms with Crippen molar-refractivity contribution in [2.75, 3.05) is 11.5 Å². The number of hydrogen-bond acceptors (Lipinski definition) is 4. The number of halogens is 1. The number of nitrogens with zero attached hydrogens (tertiary/aromatic N) is 1. The first-order valence-electron chi connectivity index (χ1n) is 5.99. The summed E-state index contributed by atoms with van der Waals surface area (Å²) in [6, 6.07) is 4.70.